The zero-order chi connectivity index (χ0) is 23.2. The van der Waals surface area contributed by atoms with Crippen molar-refractivity contribution in [2.75, 3.05) is 18.4 Å². The van der Waals surface area contributed by atoms with E-state index in [9.17, 15) is 9.59 Å². The number of hydrogen-bond donors (Lipinski definition) is 1. The van der Waals surface area contributed by atoms with Gasteiger partial charge >= 0.3 is 0 Å². The molecule has 1 aliphatic rings. The number of hydrogen-bond acceptors (Lipinski definition) is 7. The van der Waals surface area contributed by atoms with Gasteiger partial charge in [0.15, 0.2) is 0 Å². The number of pyridine rings is 1. The Hall–Kier alpha value is -2.98. The predicted molar refractivity (Wildman–Crippen MR) is 136 cm³/mol. The fraction of sp³-hybridized carbons (Fsp3) is 0.348. The zero-order valence-corrected chi connectivity index (χ0v) is 20.1. The summed E-state index contributed by atoms with van der Waals surface area (Å²) in [5.41, 5.74) is 0.674. The summed E-state index contributed by atoms with van der Waals surface area (Å²) < 4.78 is 4.02. The van der Waals surface area contributed by atoms with E-state index in [2.05, 4.69) is 22.2 Å². The monoisotopic (exact) mass is 482 g/mol. The summed E-state index contributed by atoms with van der Waals surface area (Å²) in [6, 6.07) is 5.41. The Morgan fingerprint density at radius 3 is 2.82 bits per heavy atom. The van der Waals surface area contributed by atoms with Gasteiger partial charge in [0, 0.05) is 38.2 Å². The molecule has 0 radical (unpaired) electrons. The first-order chi connectivity index (χ1) is 16.1. The van der Waals surface area contributed by atoms with E-state index in [-0.39, 0.29) is 11.5 Å². The number of aryl methyl sites for hydroxylation is 1. The lowest BCUT2D eigenvalue weighted by molar-refractivity contribution is -0.122. The first-order valence-corrected chi connectivity index (χ1v) is 12.3. The topological polar surface area (TPSA) is 84.5 Å². The van der Waals surface area contributed by atoms with Crippen LogP contribution >= 0.6 is 24.0 Å². The molecule has 3 aromatic rings. The van der Waals surface area contributed by atoms with E-state index < -0.39 is 0 Å². The van der Waals surface area contributed by atoms with E-state index in [0.717, 1.165) is 32.2 Å². The van der Waals surface area contributed by atoms with Gasteiger partial charge in [-0.15, -0.1) is 0 Å². The highest BCUT2D eigenvalue weighted by Gasteiger charge is 2.32. The minimum Gasteiger partial charge on any atom is -0.369 e. The Kier molecular flexibility index (Phi) is 7.56. The van der Waals surface area contributed by atoms with Crippen LogP contribution in [0, 0.1) is 0 Å². The second-order valence-corrected chi connectivity index (χ2v) is 9.41. The van der Waals surface area contributed by atoms with Crippen molar-refractivity contribution in [2.45, 2.75) is 39.2 Å². The first-order valence-electron chi connectivity index (χ1n) is 11.0. The second-order valence-electron chi connectivity index (χ2n) is 7.73. The number of fused-ring (bicyclic) bond motifs is 1. The van der Waals surface area contributed by atoms with Crippen molar-refractivity contribution < 1.29 is 4.79 Å². The molecule has 33 heavy (non-hydrogen) atoms. The summed E-state index contributed by atoms with van der Waals surface area (Å²) in [5, 5.41) is 3.29. The zero-order valence-electron chi connectivity index (χ0n) is 18.4. The van der Waals surface area contributed by atoms with E-state index in [1.165, 1.54) is 16.2 Å². The first kappa shape index (κ1) is 23.2. The van der Waals surface area contributed by atoms with Crippen LogP contribution in [0.2, 0.25) is 0 Å². The van der Waals surface area contributed by atoms with Gasteiger partial charge in [0.2, 0.25) is 0 Å². The molecular weight excluding hydrogens is 456 g/mol. The summed E-state index contributed by atoms with van der Waals surface area (Å²) in [6.45, 7) is 4.14. The Morgan fingerprint density at radius 2 is 2.03 bits per heavy atom. The Labute approximate surface area is 201 Å². The van der Waals surface area contributed by atoms with Crippen LogP contribution in [0.3, 0.4) is 0 Å². The number of imidazole rings is 1. The number of carbonyl (C=O) groups is 1. The van der Waals surface area contributed by atoms with Crippen LogP contribution in [0.15, 0.2) is 52.8 Å². The summed E-state index contributed by atoms with van der Waals surface area (Å²) in [7, 11) is 0. The van der Waals surface area contributed by atoms with E-state index in [4.69, 9.17) is 12.2 Å². The van der Waals surface area contributed by atoms with E-state index >= 15 is 0 Å². The van der Waals surface area contributed by atoms with Gasteiger partial charge in [0.1, 0.15) is 15.8 Å². The number of rotatable bonds is 10. The third kappa shape index (κ3) is 5.33. The minimum atomic E-state index is -0.228. The standard InChI is InChI=1S/C23H26N6O2S2/c1-2-3-5-13-29-22(31)18(33-23(29)32)15-17-20(25-9-7-11-27-14-10-24-16-27)26-19-8-4-6-12-28(19)21(17)30/h4,6,8,10,12,14-16,25H,2-3,5,7,9,11,13H2,1H3/b18-15-. The van der Waals surface area contributed by atoms with Crippen molar-refractivity contribution in [1.82, 2.24) is 23.8 Å². The highest BCUT2D eigenvalue weighted by molar-refractivity contribution is 8.26. The maximum atomic E-state index is 13.3. The van der Waals surface area contributed by atoms with Gasteiger partial charge in [-0.25, -0.2) is 9.97 Å². The Morgan fingerprint density at radius 1 is 1.15 bits per heavy atom. The molecule has 1 aliphatic heterocycles. The van der Waals surface area contributed by atoms with Gasteiger partial charge in [-0.1, -0.05) is 49.8 Å². The van der Waals surface area contributed by atoms with Crippen LogP contribution in [-0.2, 0) is 11.3 Å². The predicted octanol–water partition coefficient (Wildman–Crippen LogP) is 3.78. The molecule has 1 fully saturated rings. The number of aromatic nitrogens is 4. The molecule has 172 valence electrons. The second kappa shape index (κ2) is 10.8. The molecule has 0 spiro atoms. The normalized spacial score (nSPS) is 15.2. The molecule has 0 aromatic carbocycles. The van der Waals surface area contributed by atoms with Crippen LogP contribution in [0.5, 0.6) is 0 Å². The number of amides is 1. The SMILES string of the molecule is CCCCCN1C(=O)/C(=C/c2c(NCCCn3ccnc3)nc3ccccn3c2=O)SC1=S. The quantitative estimate of drug-likeness (QED) is 0.267. The fourth-order valence-electron chi connectivity index (χ4n) is 3.60. The van der Waals surface area contributed by atoms with Gasteiger partial charge in [-0.3, -0.25) is 18.9 Å². The van der Waals surface area contributed by atoms with Crippen molar-refractivity contribution >= 4 is 51.7 Å². The summed E-state index contributed by atoms with van der Waals surface area (Å²) in [5.74, 6) is 0.317. The van der Waals surface area contributed by atoms with Gasteiger partial charge in [0.25, 0.3) is 11.5 Å². The number of carbonyl (C=O) groups excluding carboxylic acids is 1. The van der Waals surface area contributed by atoms with Crippen molar-refractivity contribution in [2.24, 2.45) is 0 Å². The smallest absolute Gasteiger partial charge is 0.267 e. The maximum absolute atomic E-state index is 13.3. The lowest BCUT2D eigenvalue weighted by Gasteiger charge is -2.13. The number of nitrogens with one attached hydrogen (secondary N) is 1. The van der Waals surface area contributed by atoms with Gasteiger partial charge in [0.05, 0.1) is 16.8 Å². The molecule has 0 bridgehead atoms. The lowest BCUT2D eigenvalue weighted by atomic mass is 10.2. The van der Waals surface area contributed by atoms with Gasteiger partial charge in [-0.2, -0.15) is 0 Å². The molecule has 1 N–H and O–H groups in total. The molecule has 0 saturated carbocycles. The Bertz CT molecular complexity index is 1240. The third-order valence-corrected chi connectivity index (χ3v) is 6.73. The van der Waals surface area contributed by atoms with Crippen molar-refractivity contribution in [3.8, 4) is 0 Å². The molecule has 4 heterocycles. The van der Waals surface area contributed by atoms with Crippen LogP contribution in [0.4, 0.5) is 5.82 Å². The van der Waals surface area contributed by atoms with Crippen LogP contribution in [-0.4, -0.2) is 47.2 Å². The van der Waals surface area contributed by atoms with Gasteiger partial charge in [-0.05, 0) is 31.1 Å². The van der Waals surface area contributed by atoms with E-state index in [1.54, 1.807) is 41.8 Å². The number of anilines is 1. The van der Waals surface area contributed by atoms with E-state index in [0.29, 0.717) is 39.3 Å². The maximum Gasteiger partial charge on any atom is 0.267 e. The number of nitrogens with zero attached hydrogens (tertiary/aromatic N) is 5. The number of unbranched alkanes of at least 4 members (excludes halogenated alkanes) is 2. The Balaban J connectivity index is 1.60. The van der Waals surface area contributed by atoms with Crippen LogP contribution in [0.25, 0.3) is 11.7 Å². The van der Waals surface area contributed by atoms with Crippen molar-refractivity contribution in [3.05, 3.63) is 63.9 Å². The molecule has 4 rings (SSSR count). The highest BCUT2D eigenvalue weighted by atomic mass is 32.2. The van der Waals surface area contributed by atoms with Crippen molar-refractivity contribution in [1.29, 1.82) is 0 Å². The molecule has 0 unspecified atom stereocenters. The van der Waals surface area contributed by atoms with Crippen molar-refractivity contribution in [3.63, 3.8) is 0 Å². The molecule has 1 saturated heterocycles. The average Bonchev–Trinajstić information content (AvgIpc) is 3.42. The van der Waals surface area contributed by atoms with E-state index in [1.807, 2.05) is 16.8 Å². The molecule has 3 aromatic heterocycles. The molecule has 0 atom stereocenters. The number of thiocarbonyl (C=S) groups is 1. The number of thioether (sulfide) groups is 1. The van der Waals surface area contributed by atoms with Gasteiger partial charge < -0.3 is 9.88 Å². The molecule has 1 amide bonds. The molecule has 10 heteroatoms. The van der Waals surface area contributed by atoms with Crippen LogP contribution in [0.1, 0.15) is 38.2 Å². The largest absolute Gasteiger partial charge is 0.369 e. The summed E-state index contributed by atoms with van der Waals surface area (Å²) in [4.78, 5) is 37.1. The molecular formula is C23H26N6O2S2. The average molecular weight is 483 g/mol. The van der Waals surface area contributed by atoms with Crippen LogP contribution < -0.4 is 10.9 Å². The molecule has 8 nitrogen and oxygen atoms in total. The molecule has 0 aliphatic carbocycles. The third-order valence-electron chi connectivity index (χ3n) is 5.35. The highest BCUT2D eigenvalue weighted by Crippen LogP contribution is 2.33. The minimum absolute atomic E-state index is 0.148. The summed E-state index contributed by atoms with van der Waals surface area (Å²) in [6.07, 6.45) is 12.6. The fourth-order valence-corrected chi connectivity index (χ4v) is 4.89. The lowest BCUT2D eigenvalue weighted by Crippen LogP contribution is -2.29. The summed E-state index contributed by atoms with van der Waals surface area (Å²) >= 11 is 6.67.